The van der Waals surface area contributed by atoms with Crippen molar-refractivity contribution in [3.05, 3.63) is 9.81 Å². The predicted molar refractivity (Wildman–Crippen MR) is 80.3 cm³/mol. The second kappa shape index (κ2) is 10.3. The van der Waals surface area contributed by atoms with Crippen LogP contribution in [0.2, 0.25) is 0 Å². The first kappa shape index (κ1) is 17.3. The van der Waals surface area contributed by atoms with Crippen molar-refractivity contribution in [1.82, 2.24) is 9.80 Å². The van der Waals surface area contributed by atoms with E-state index in [1.807, 2.05) is 28.2 Å². The van der Waals surface area contributed by atoms with E-state index in [-0.39, 0.29) is 0 Å². The van der Waals surface area contributed by atoms with Gasteiger partial charge in [-0.1, -0.05) is 0 Å². The molecule has 0 aliphatic rings. The summed E-state index contributed by atoms with van der Waals surface area (Å²) in [6, 6.07) is 4.26. The molecule has 0 saturated carbocycles. The molecule has 0 spiro atoms. The van der Waals surface area contributed by atoms with Gasteiger partial charge in [0.25, 0.3) is 0 Å². The summed E-state index contributed by atoms with van der Waals surface area (Å²) in [5.74, 6) is 1.66. The molecule has 18 heavy (non-hydrogen) atoms. The fraction of sp³-hybridized carbons (Fsp3) is 0.667. The molecule has 0 N–H and O–H groups in total. The minimum atomic E-state index is 0.545. The SMILES string of the molecule is CN(C)CCS/C(C#N)=C(/C#N)SCCN(C)C. The van der Waals surface area contributed by atoms with Crippen molar-refractivity contribution >= 4 is 23.5 Å². The molecule has 100 valence electrons. The lowest BCUT2D eigenvalue weighted by molar-refractivity contribution is 0.437. The molecule has 0 atom stereocenters. The Hall–Kier alpha value is -0.660. The van der Waals surface area contributed by atoms with Crippen LogP contribution in [0.25, 0.3) is 0 Å². The van der Waals surface area contributed by atoms with Gasteiger partial charge in [-0.25, -0.2) is 0 Å². The quantitative estimate of drug-likeness (QED) is 0.634. The molecule has 0 aliphatic carbocycles. The van der Waals surface area contributed by atoms with Gasteiger partial charge in [0.2, 0.25) is 0 Å². The largest absolute Gasteiger partial charge is 0.309 e. The molecule has 0 rings (SSSR count). The van der Waals surface area contributed by atoms with Crippen LogP contribution in [0.1, 0.15) is 0 Å². The minimum absolute atomic E-state index is 0.545. The lowest BCUT2D eigenvalue weighted by Crippen LogP contribution is -2.15. The summed E-state index contributed by atoms with van der Waals surface area (Å²) in [5.41, 5.74) is 0. The zero-order valence-corrected chi connectivity index (χ0v) is 13.1. The Bertz CT molecular complexity index is 316. The molecule has 0 heterocycles. The maximum Gasteiger partial charge on any atom is 0.109 e. The van der Waals surface area contributed by atoms with Crippen LogP contribution in [-0.4, -0.2) is 62.6 Å². The maximum absolute atomic E-state index is 9.08. The molecule has 0 fully saturated rings. The molecular weight excluding hydrogens is 264 g/mol. The van der Waals surface area contributed by atoms with Crippen molar-refractivity contribution in [3.63, 3.8) is 0 Å². The summed E-state index contributed by atoms with van der Waals surface area (Å²) in [5, 5.41) is 18.2. The van der Waals surface area contributed by atoms with Crippen LogP contribution >= 0.6 is 23.5 Å². The van der Waals surface area contributed by atoms with Crippen molar-refractivity contribution in [2.24, 2.45) is 0 Å². The summed E-state index contributed by atoms with van der Waals surface area (Å²) in [6.45, 7) is 1.80. The second-order valence-electron chi connectivity index (χ2n) is 4.19. The maximum atomic E-state index is 9.08. The molecule has 0 radical (unpaired) electrons. The number of nitriles is 2. The molecule has 0 saturated heterocycles. The zero-order valence-electron chi connectivity index (χ0n) is 11.4. The molecule has 6 heteroatoms. The molecule has 0 aliphatic heterocycles. The molecule has 0 amide bonds. The van der Waals surface area contributed by atoms with Gasteiger partial charge in [0.15, 0.2) is 0 Å². The highest BCUT2D eigenvalue weighted by atomic mass is 32.2. The van der Waals surface area contributed by atoms with Gasteiger partial charge in [0.1, 0.15) is 21.9 Å². The normalized spacial score (nSPS) is 12.2. The topological polar surface area (TPSA) is 54.1 Å². The molecule has 4 nitrogen and oxygen atoms in total. The van der Waals surface area contributed by atoms with E-state index in [0.29, 0.717) is 9.81 Å². The van der Waals surface area contributed by atoms with Gasteiger partial charge in [0.05, 0.1) is 0 Å². The van der Waals surface area contributed by atoms with E-state index in [9.17, 15) is 0 Å². The molecule has 0 unspecified atom stereocenters. The van der Waals surface area contributed by atoms with Gasteiger partial charge in [-0.3, -0.25) is 0 Å². The van der Waals surface area contributed by atoms with Crippen LogP contribution in [0.4, 0.5) is 0 Å². The monoisotopic (exact) mass is 284 g/mol. The van der Waals surface area contributed by atoms with Crippen molar-refractivity contribution < 1.29 is 0 Å². The Balaban J connectivity index is 4.36. The summed E-state index contributed by atoms with van der Waals surface area (Å²) < 4.78 is 0. The average molecular weight is 284 g/mol. The minimum Gasteiger partial charge on any atom is -0.309 e. The first-order chi connectivity index (χ1) is 8.51. The number of thioether (sulfide) groups is 2. The van der Waals surface area contributed by atoms with E-state index in [1.54, 1.807) is 0 Å². The van der Waals surface area contributed by atoms with Gasteiger partial charge < -0.3 is 9.80 Å². The lowest BCUT2D eigenvalue weighted by atomic mass is 10.5. The second-order valence-corrected chi connectivity index (χ2v) is 6.40. The Labute approximate surface area is 119 Å². The molecule has 0 aromatic carbocycles. The van der Waals surface area contributed by atoms with Crippen molar-refractivity contribution in [2.75, 3.05) is 52.8 Å². The van der Waals surface area contributed by atoms with Gasteiger partial charge in [-0.15, -0.1) is 23.5 Å². The van der Waals surface area contributed by atoms with Crippen molar-refractivity contribution in [1.29, 1.82) is 10.5 Å². The number of nitrogens with zero attached hydrogens (tertiary/aromatic N) is 4. The van der Waals surface area contributed by atoms with Crippen LogP contribution in [0.15, 0.2) is 9.81 Å². The van der Waals surface area contributed by atoms with E-state index in [0.717, 1.165) is 24.6 Å². The third kappa shape index (κ3) is 8.43. The summed E-state index contributed by atoms with van der Waals surface area (Å²) in [7, 11) is 7.97. The van der Waals surface area contributed by atoms with Crippen molar-refractivity contribution in [3.8, 4) is 12.1 Å². The van der Waals surface area contributed by atoms with E-state index in [4.69, 9.17) is 10.5 Å². The molecule has 0 aromatic heterocycles. The lowest BCUT2D eigenvalue weighted by Gasteiger charge is -2.10. The van der Waals surface area contributed by atoms with E-state index in [2.05, 4.69) is 21.9 Å². The fourth-order valence-corrected chi connectivity index (χ4v) is 3.11. The Morgan fingerprint density at radius 1 is 0.833 bits per heavy atom. The fourth-order valence-electron chi connectivity index (χ4n) is 0.958. The predicted octanol–water partition coefficient (Wildman–Crippen LogP) is 1.83. The van der Waals surface area contributed by atoms with Gasteiger partial charge in [-0.2, -0.15) is 10.5 Å². The van der Waals surface area contributed by atoms with E-state index >= 15 is 0 Å². The Morgan fingerprint density at radius 2 is 1.17 bits per heavy atom. The zero-order chi connectivity index (χ0) is 14.0. The Morgan fingerprint density at radius 3 is 1.39 bits per heavy atom. The molecule has 0 bridgehead atoms. The van der Waals surface area contributed by atoms with Crippen molar-refractivity contribution in [2.45, 2.75) is 0 Å². The molecular formula is C12H20N4S2. The summed E-state index contributed by atoms with van der Waals surface area (Å²) in [6.07, 6.45) is 0. The van der Waals surface area contributed by atoms with Gasteiger partial charge >= 0.3 is 0 Å². The highest BCUT2D eigenvalue weighted by Crippen LogP contribution is 2.26. The summed E-state index contributed by atoms with van der Waals surface area (Å²) in [4.78, 5) is 5.21. The number of allylic oxidation sites excluding steroid dienone is 2. The van der Waals surface area contributed by atoms with E-state index in [1.165, 1.54) is 23.5 Å². The van der Waals surface area contributed by atoms with Crippen LogP contribution in [-0.2, 0) is 0 Å². The van der Waals surface area contributed by atoms with E-state index < -0.39 is 0 Å². The highest BCUT2D eigenvalue weighted by molar-refractivity contribution is 8.07. The van der Waals surface area contributed by atoms with Crippen LogP contribution in [0.3, 0.4) is 0 Å². The van der Waals surface area contributed by atoms with Crippen LogP contribution < -0.4 is 0 Å². The molecule has 0 aromatic rings. The first-order valence-corrected chi connectivity index (χ1v) is 7.58. The van der Waals surface area contributed by atoms with Crippen LogP contribution in [0, 0.1) is 22.7 Å². The summed E-state index contributed by atoms with van der Waals surface area (Å²) >= 11 is 2.92. The van der Waals surface area contributed by atoms with Crippen LogP contribution in [0.5, 0.6) is 0 Å². The van der Waals surface area contributed by atoms with Gasteiger partial charge in [0, 0.05) is 24.6 Å². The standard InChI is InChI=1S/C12H20N4S2/c1-15(2)5-7-17-11(9-13)12(10-14)18-8-6-16(3)4/h5-8H2,1-4H3/b12-11-. The highest BCUT2D eigenvalue weighted by Gasteiger charge is 2.08. The third-order valence-corrected chi connectivity index (χ3v) is 4.05. The number of hydrogen-bond donors (Lipinski definition) is 0. The third-order valence-electron chi connectivity index (χ3n) is 1.98. The first-order valence-electron chi connectivity index (χ1n) is 5.60. The average Bonchev–Trinajstić information content (AvgIpc) is 2.30. The smallest absolute Gasteiger partial charge is 0.109 e. The Kier molecular flexibility index (Phi) is 9.90. The number of rotatable bonds is 8. The van der Waals surface area contributed by atoms with Gasteiger partial charge in [-0.05, 0) is 28.2 Å². The number of hydrogen-bond acceptors (Lipinski definition) is 6.